The average molecular weight is 263 g/mol. The Balaban J connectivity index is 2.16. The van der Waals surface area contributed by atoms with Crippen molar-refractivity contribution in [2.24, 2.45) is 5.73 Å². The molecule has 0 amide bonds. The van der Waals surface area contributed by atoms with Gasteiger partial charge in [-0.3, -0.25) is 0 Å². The maximum absolute atomic E-state index is 13.7. The Morgan fingerprint density at radius 2 is 1.74 bits per heavy atom. The van der Waals surface area contributed by atoms with E-state index in [1.807, 2.05) is 31.2 Å². The predicted molar refractivity (Wildman–Crippen MR) is 69.8 cm³/mol. The zero-order chi connectivity index (χ0) is 13.8. The highest BCUT2D eigenvalue weighted by Gasteiger charge is 2.12. The molecule has 0 aromatic heterocycles. The summed E-state index contributed by atoms with van der Waals surface area (Å²) in [5.74, 6) is -1.82. The van der Waals surface area contributed by atoms with Gasteiger partial charge in [0.1, 0.15) is 6.61 Å². The van der Waals surface area contributed by atoms with Crippen molar-refractivity contribution >= 4 is 0 Å². The van der Waals surface area contributed by atoms with Crippen LogP contribution in [0, 0.1) is 18.6 Å². The minimum absolute atomic E-state index is 0.0893. The number of rotatable bonds is 4. The molecule has 19 heavy (non-hydrogen) atoms. The van der Waals surface area contributed by atoms with Crippen molar-refractivity contribution in [2.45, 2.75) is 20.1 Å². The first-order valence-electron chi connectivity index (χ1n) is 5.96. The SMILES string of the molecule is Cc1cccc(COc2c(F)cc(CN)cc2F)c1. The molecule has 4 heteroatoms. The van der Waals surface area contributed by atoms with Crippen molar-refractivity contribution in [1.82, 2.24) is 0 Å². The largest absolute Gasteiger partial charge is 0.483 e. The van der Waals surface area contributed by atoms with Crippen molar-refractivity contribution in [3.8, 4) is 5.75 Å². The molecule has 0 bridgehead atoms. The van der Waals surface area contributed by atoms with Gasteiger partial charge < -0.3 is 10.5 Å². The van der Waals surface area contributed by atoms with Gasteiger partial charge >= 0.3 is 0 Å². The Bertz CT molecular complexity index is 561. The molecule has 100 valence electrons. The van der Waals surface area contributed by atoms with Gasteiger partial charge in [-0.15, -0.1) is 0 Å². The van der Waals surface area contributed by atoms with Crippen LogP contribution in [0.3, 0.4) is 0 Å². The Kier molecular flexibility index (Phi) is 4.12. The van der Waals surface area contributed by atoms with Crippen molar-refractivity contribution in [2.75, 3.05) is 0 Å². The Morgan fingerprint density at radius 1 is 1.05 bits per heavy atom. The third kappa shape index (κ3) is 3.29. The fourth-order valence-corrected chi connectivity index (χ4v) is 1.83. The van der Waals surface area contributed by atoms with Gasteiger partial charge in [0.05, 0.1) is 0 Å². The summed E-state index contributed by atoms with van der Waals surface area (Å²) in [7, 11) is 0. The lowest BCUT2D eigenvalue weighted by molar-refractivity contribution is 0.273. The normalized spacial score (nSPS) is 10.5. The standard InChI is InChI=1S/C15H15F2NO/c1-10-3-2-4-11(5-10)9-19-15-13(16)6-12(8-18)7-14(15)17/h2-7H,8-9,18H2,1H3. The summed E-state index contributed by atoms with van der Waals surface area (Å²) in [6.07, 6.45) is 0. The Labute approximate surface area is 110 Å². The lowest BCUT2D eigenvalue weighted by atomic mass is 10.1. The van der Waals surface area contributed by atoms with Crippen molar-refractivity contribution in [3.63, 3.8) is 0 Å². The van der Waals surface area contributed by atoms with Crippen molar-refractivity contribution in [1.29, 1.82) is 0 Å². The van der Waals surface area contributed by atoms with E-state index in [-0.39, 0.29) is 18.9 Å². The molecular formula is C15H15F2NO. The highest BCUT2D eigenvalue weighted by molar-refractivity contribution is 5.32. The molecule has 2 nitrogen and oxygen atoms in total. The maximum atomic E-state index is 13.7. The first-order chi connectivity index (χ1) is 9.10. The van der Waals surface area contributed by atoms with Crippen LogP contribution in [0.15, 0.2) is 36.4 Å². The van der Waals surface area contributed by atoms with Gasteiger partial charge in [0.2, 0.25) is 0 Å². The van der Waals surface area contributed by atoms with Crippen LogP contribution in [0.1, 0.15) is 16.7 Å². The quantitative estimate of drug-likeness (QED) is 0.918. The molecule has 0 aliphatic heterocycles. The Morgan fingerprint density at radius 3 is 2.32 bits per heavy atom. The lowest BCUT2D eigenvalue weighted by Gasteiger charge is -2.10. The molecule has 0 aliphatic rings. The van der Waals surface area contributed by atoms with Gasteiger partial charge in [-0.2, -0.15) is 0 Å². The van der Waals surface area contributed by atoms with Crippen LogP contribution in [-0.4, -0.2) is 0 Å². The van der Waals surface area contributed by atoms with Crippen LogP contribution < -0.4 is 10.5 Å². The van der Waals surface area contributed by atoms with Crippen LogP contribution in [0.25, 0.3) is 0 Å². The summed E-state index contributed by atoms with van der Waals surface area (Å²) in [5.41, 5.74) is 7.68. The van der Waals surface area contributed by atoms with Gasteiger partial charge in [-0.05, 0) is 30.2 Å². The zero-order valence-corrected chi connectivity index (χ0v) is 10.6. The van der Waals surface area contributed by atoms with E-state index in [1.165, 1.54) is 12.1 Å². The topological polar surface area (TPSA) is 35.2 Å². The number of hydrogen-bond donors (Lipinski definition) is 1. The van der Waals surface area contributed by atoms with Crippen LogP contribution >= 0.6 is 0 Å². The van der Waals surface area contributed by atoms with E-state index in [9.17, 15) is 8.78 Å². The number of benzene rings is 2. The van der Waals surface area contributed by atoms with Crippen molar-refractivity contribution in [3.05, 3.63) is 64.7 Å². The first kappa shape index (κ1) is 13.5. The third-order valence-electron chi connectivity index (χ3n) is 2.76. The number of ether oxygens (including phenoxy) is 1. The zero-order valence-electron chi connectivity index (χ0n) is 10.6. The molecular weight excluding hydrogens is 248 g/mol. The van der Waals surface area contributed by atoms with Crippen LogP contribution in [-0.2, 0) is 13.2 Å². The van der Waals surface area contributed by atoms with Crippen LogP contribution in [0.5, 0.6) is 5.75 Å². The highest BCUT2D eigenvalue weighted by Crippen LogP contribution is 2.24. The van der Waals surface area contributed by atoms with Gasteiger partial charge in [0.15, 0.2) is 17.4 Å². The molecule has 2 aromatic carbocycles. The predicted octanol–water partition coefficient (Wildman–Crippen LogP) is 3.31. The smallest absolute Gasteiger partial charge is 0.191 e. The molecule has 2 N–H and O–H groups in total. The molecule has 0 heterocycles. The monoisotopic (exact) mass is 263 g/mol. The highest BCUT2D eigenvalue weighted by atomic mass is 19.1. The maximum Gasteiger partial charge on any atom is 0.191 e. The molecule has 0 spiro atoms. The number of hydrogen-bond acceptors (Lipinski definition) is 2. The second-order valence-corrected chi connectivity index (χ2v) is 4.37. The average Bonchev–Trinajstić information content (AvgIpc) is 2.37. The molecule has 0 unspecified atom stereocenters. The van der Waals surface area contributed by atoms with Gasteiger partial charge in [0, 0.05) is 6.54 Å². The fraction of sp³-hybridized carbons (Fsp3) is 0.200. The summed E-state index contributed by atoms with van der Waals surface area (Å²) in [6, 6.07) is 9.95. The number of aryl methyl sites for hydroxylation is 1. The molecule has 0 aliphatic carbocycles. The van der Waals surface area contributed by atoms with E-state index in [0.717, 1.165) is 11.1 Å². The fourth-order valence-electron chi connectivity index (χ4n) is 1.83. The number of halogens is 2. The van der Waals surface area contributed by atoms with E-state index in [2.05, 4.69) is 0 Å². The van der Waals surface area contributed by atoms with E-state index in [0.29, 0.717) is 5.56 Å². The minimum Gasteiger partial charge on any atom is -0.483 e. The molecule has 0 saturated heterocycles. The Hall–Kier alpha value is -1.94. The molecule has 0 fully saturated rings. The first-order valence-corrected chi connectivity index (χ1v) is 5.96. The van der Waals surface area contributed by atoms with Crippen LogP contribution in [0.4, 0.5) is 8.78 Å². The van der Waals surface area contributed by atoms with Gasteiger partial charge in [-0.25, -0.2) is 8.78 Å². The van der Waals surface area contributed by atoms with Crippen LogP contribution in [0.2, 0.25) is 0 Å². The van der Waals surface area contributed by atoms with Crippen molar-refractivity contribution < 1.29 is 13.5 Å². The molecule has 0 saturated carbocycles. The molecule has 2 aromatic rings. The number of nitrogens with two attached hydrogens (primary N) is 1. The summed E-state index contributed by atoms with van der Waals surface area (Å²) in [6.45, 7) is 2.16. The summed E-state index contributed by atoms with van der Waals surface area (Å²) in [5, 5.41) is 0. The molecule has 0 atom stereocenters. The van der Waals surface area contributed by atoms with Gasteiger partial charge in [-0.1, -0.05) is 29.8 Å². The summed E-state index contributed by atoms with van der Waals surface area (Å²) >= 11 is 0. The second kappa shape index (κ2) is 5.80. The molecule has 2 rings (SSSR count). The lowest BCUT2D eigenvalue weighted by Crippen LogP contribution is -2.03. The summed E-state index contributed by atoms with van der Waals surface area (Å²) in [4.78, 5) is 0. The van der Waals surface area contributed by atoms with E-state index >= 15 is 0 Å². The van der Waals surface area contributed by atoms with E-state index in [1.54, 1.807) is 0 Å². The minimum atomic E-state index is -0.729. The van der Waals surface area contributed by atoms with Gasteiger partial charge in [0.25, 0.3) is 0 Å². The van der Waals surface area contributed by atoms with E-state index < -0.39 is 11.6 Å². The molecule has 0 radical (unpaired) electrons. The third-order valence-corrected chi connectivity index (χ3v) is 2.76. The van der Waals surface area contributed by atoms with E-state index in [4.69, 9.17) is 10.5 Å². The second-order valence-electron chi connectivity index (χ2n) is 4.37. The summed E-state index contributed by atoms with van der Waals surface area (Å²) < 4.78 is 32.5.